The van der Waals surface area contributed by atoms with Crippen molar-refractivity contribution in [2.45, 2.75) is 32.9 Å². The van der Waals surface area contributed by atoms with E-state index in [1.165, 1.54) is 12.8 Å². The fourth-order valence-electron chi connectivity index (χ4n) is 2.09. The Bertz CT molecular complexity index is 576. The van der Waals surface area contributed by atoms with Crippen LogP contribution < -0.4 is 14.8 Å². The number of hydrogen-bond donors (Lipinski definition) is 1. The molecular weight excluding hydrogens is 353 g/mol. The highest BCUT2D eigenvalue weighted by molar-refractivity contribution is 7.09. The highest BCUT2D eigenvalue weighted by Gasteiger charge is 2.12. The Kier molecular flexibility index (Phi) is 9.41. The van der Waals surface area contributed by atoms with Gasteiger partial charge in [-0.2, -0.15) is 0 Å². The smallest absolute Gasteiger partial charge is 0.180 e. The number of halogens is 2. The molecule has 128 valence electrons. The first-order valence-corrected chi connectivity index (χ1v) is 8.72. The van der Waals surface area contributed by atoms with Gasteiger partial charge in [0.15, 0.2) is 11.5 Å². The minimum Gasteiger partial charge on any atom is -0.493 e. The molecule has 2 rings (SSSR count). The number of thiophene rings is 1. The second kappa shape index (κ2) is 10.8. The molecule has 0 bridgehead atoms. The van der Waals surface area contributed by atoms with Gasteiger partial charge in [-0.3, -0.25) is 0 Å². The lowest BCUT2D eigenvalue weighted by molar-refractivity contribution is 0.287. The van der Waals surface area contributed by atoms with E-state index in [0.717, 1.165) is 23.5 Å². The molecular formula is C17H23Cl2NO2S. The molecule has 0 aliphatic heterocycles. The predicted molar refractivity (Wildman–Crippen MR) is 101 cm³/mol. The number of methoxy groups -OCH3 is 1. The fraction of sp³-hybridized carbons (Fsp3) is 0.412. The monoisotopic (exact) mass is 375 g/mol. The second-order valence-corrected chi connectivity index (χ2v) is 6.45. The number of rotatable bonds is 9. The number of ether oxygens (including phenoxy) is 2. The van der Waals surface area contributed by atoms with E-state index in [-0.39, 0.29) is 12.4 Å². The Hall–Kier alpha value is -0.940. The molecule has 1 aromatic heterocycles. The molecule has 0 aliphatic rings. The molecule has 23 heavy (non-hydrogen) atoms. The third kappa shape index (κ3) is 6.22. The number of benzene rings is 1. The molecule has 3 nitrogen and oxygen atoms in total. The van der Waals surface area contributed by atoms with Crippen LogP contribution in [0.15, 0.2) is 29.6 Å². The summed E-state index contributed by atoms with van der Waals surface area (Å²) >= 11 is 8.03. The van der Waals surface area contributed by atoms with E-state index in [1.807, 2.05) is 29.6 Å². The summed E-state index contributed by atoms with van der Waals surface area (Å²) in [4.78, 5) is 1.16. The summed E-state index contributed by atoms with van der Waals surface area (Å²) in [5.74, 6) is 1.28. The van der Waals surface area contributed by atoms with Crippen LogP contribution in [0.3, 0.4) is 0 Å². The number of unbranched alkanes of at least 4 members (excludes halogenated alkanes) is 1. The lowest BCUT2D eigenvalue weighted by Gasteiger charge is -2.14. The molecule has 0 saturated heterocycles. The quantitative estimate of drug-likeness (QED) is 0.603. The first-order valence-electron chi connectivity index (χ1n) is 7.47. The van der Waals surface area contributed by atoms with E-state index in [2.05, 4.69) is 12.2 Å². The Balaban J connectivity index is 0.00000264. The van der Waals surface area contributed by atoms with Crippen molar-refractivity contribution < 1.29 is 9.47 Å². The Morgan fingerprint density at radius 3 is 2.78 bits per heavy atom. The molecule has 0 saturated carbocycles. The molecule has 0 spiro atoms. The van der Waals surface area contributed by atoms with Crippen molar-refractivity contribution in [1.29, 1.82) is 0 Å². The maximum atomic E-state index is 6.36. The Labute approximate surface area is 153 Å². The van der Waals surface area contributed by atoms with Crippen LogP contribution >= 0.6 is 35.3 Å². The molecule has 1 heterocycles. The second-order valence-electron chi connectivity index (χ2n) is 5.01. The summed E-state index contributed by atoms with van der Waals surface area (Å²) < 4.78 is 11.3. The van der Waals surface area contributed by atoms with Crippen LogP contribution in [0.5, 0.6) is 11.5 Å². The maximum Gasteiger partial charge on any atom is 0.180 e. The molecule has 0 aliphatic carbocycles. The van der Waals surface area contributed by atoms with E-state index in [1.54, 1.807) is 18.4 Å². The zero-order valence-corrected chi connectivity index (χ0v) is 15.8. The molecule has 2 aromatic rings. The highest BCUT2D eigenvalue weighted by atomic mass is 35.5. The van der Waals surface area contributed by atoms with Gasteiger partial charge < -0.3 is 14.8 Å². The number of hydrogen-bond acceptors (Lipinski definition) is 4. The molecule has 1 N–H and O–H groups in total. The van der Waals surface area contributed by atoms with Gasteiger partial charge in [-0.1, -0.05) is 31.0 Å². The predicted octanol–water partition coefficient (Wildman–Crippen LogP) is 5.30. The molecule has 0 amide bonds. The van der Waals surface area contributed by atoms with Gasteiger partial charge in [0.1, 0.15) is 6.61 Å². The van der Waals surface area contributed by atoms with Gasteiger partial charge >= 0.3 is 0 Å². The van der Waals surface area contributed by atoms with Crippen molar-refractivity contribution in [2.75, 3.05) is 13.7 Å². The van der Waals surface area contributed by atoms with Crippen molar-refractivity contribution >= 4 is 35.3 Å². The fourth-order valence-corrected chi connectivity index (χ4v) is 2.99. The van der Waals surface area contributed by atoms with Crippen molar-refractivity contribution in [1.82, 2.24) is 5.32 Å². The summed E-state index contributed by atoms with van der Waals surface area (Å²) in [6, 6.07) is 7.96. The van der Waals surface area contributed by atoms with E-state index in [9.17, 15) is 0 Å². The zero-order valence-electron chi connectivity index (χ0n) is 13.4. The average molecular weight is 376 g/mol. The lowest BCUT2D eigenvalue weighted by atomic mass is 10.2. The molecule has 0 atom stereocenters. The van der Waals surface area contributed by atoms with Crippen LogP contribution in [-0.4, -0.2) is 13.7 Å². The standard InChI is InChI=1S/C17H22ClNO2S.ClH/c1-3-4-7-19-11-13-9-15(18)17(16(10-13)20-2)21-12-14-6-5-8-22-14;/h5-6,8-10,19H,3-4,7,11-12H2,1-2H3;1H. The van der Waals surface area contributed by atoms with Gasteiger partial charge in [0.25, 0.3) is 0 Å². The summed E-state index contributed by atoms with van der Waals surface area (Å²) in [6.45, 7) is 4.47. The van der Waals surface area contributed by atoms with Crippen molar-refractivity contribution in [3.8, 4) is 11.5 Å². The molecule has 0 radical (unpaired) electrons. The van der Waals surface area contributed by atoms with Gasteiger partial charge in [0.2, 0.25) is 0 Å². The third-order valence-corrected chi connectivity index (χ3v) is 4.39. The first kappa shape index (κ1) is 20.1. The van der Waals surface area contributed by atoms with Gasteiger partial charge in [-0.15, -0.1) is 23.7 Å². The SMILES string of the molecule is CCCCNCc1cc(Cl)c(OCc2cccs2)c(OC)c1.Cl. The normalized spacial score (nSPS) is 10.2. The van der Waals surface area contributed by atoms with Gasteiger partial charge in [-0.25, -0.2) is 0 Å². The Morgan fingerprint density at radius 1 is 1.30 bits per heavy atom. The minimum absolute atomic E-state index is 0. The maximum absolute atomic E-state index is 6.36. The Morgan fingerprint density at radius 2 is 2.13 bits per heavy atom. The summed E-state index contributed by atoms with van der Waals surface area (Å²) in [5.41, 5.74) is 1.10. The van der Waals surface area contributed by atoms with Crippen molar-refractivity contribution in [3.63, 3.8) is 0 Å². The van der Waals surface area contributed by atoms with E-state index in [4.69, 9.17) is 21.1 Å². The van der Waals surface area contributed by atoms with Crippen LogP contribution in [0, 0.1) is 0 Å². The van der Waals surface area contributed by atoms with Gasteiger partial charge in [0.05, 0.1) is 12.1 Å². The first-order chi connectivity index (χ1) is 10.7. The average Bonchev–Trinajstić information content (AvgIpc) is 3.03. The topological polar surface area (TPSA) is 30.5 Å². The molecule has 1 aromatic carbocycles. The van der Waals surface area contributed by atoms with Crippen LogP contribution in [-0.2, 0) is 13.2 Å². The summed E-state index contributed by atoms with van der Waals surface area (Å²) in [6.07, 6.45) is 2.36. The van der Waals surface area contributed by atoms with Gasteiger partial charge in [0, 0.05) is 11.4 Å². The van der Waals surface area contributed by atoms with Crippen LogP contribution in [0.2, 0.25) is 5.02 Å². The summed E-state index contributed by atoms with van der Waals surface area (Å²) in [7, 11) is 1.64. The van der Waals surface area contributed by atoms with E-state index < -0.39 is 0 Å². The highest BCUT2D eigenvalue weighted by Crippen LogP contribution is 2.37. The van der Waals surface area contributed by atoms with E-state index >= 15 is 0 Å². The minimum atomic E-state index is 0. The zero-order chi connectivity index (χ0) is 15.8. The summed E-state index contributed by atoms with van der Waals surface area (Å²) in [5, 5.41) is 6.02. The van der Waals surface area contributed by atoms with Crippen LogP contribution in [0.1, 0.15) is 30.2 Å². The van der Waals surface area contributed by atoms with Crippen molar-refractivity contribution in [2.24, 2.45) is 0 Å². The van der Waals surface area contributed by atoms with Gasteiger partial charge in [-0.05, 0) is 42.1 Å². The molecule has 0 unspecified atom stereocenters. The van der Waals surface area contributed by atoms with Crippen LogP contribution in [0.25, 0.3) is 0 Å². The number of nitrogens with one attached hydrogen (secondary N) is 1. The van der Waals surface area contributed by atoms with Crippen LogP contribution in [0.4, 0.5) is 0 Å². The third-order valence-electron chi connectivity index (χ3n) is 3.26. The molecule has 0 fully saturated rings. The van der Waals surface area contributed by atoms with E-state index in [0.29, 0.717) is 23.1 Å². The largest absolute Gasteiger partial charge is 0.493 e. The van der Waals surface area contributed by atoms with Crippen molar-refractivity contribution in [3.05, 3.63) is 45.1 Å². The lowest BCUT2D eigenvalue weighted by Crippen LogP contribution is -2.14. The molecule has 6 heteroatoms.